The number of thioether (sulfide) groups is 1. The van der Waals surface area contributed by atoms with Crippen LogP contribution in [0.3, 0.4) is 0 Å². The van der Waals surface area contributed by atoms with Crippen LogP contribution >= 0.6 is 23.4 Å². The molecule has 2 atom stereocenters. The van der Waals surface area contributed by atoms with Crippen LogP contribution in [-0.2, 0) is 0 Å². The lowest BCUT2D eigenvalue weighted by Crippen LogP contribution is -2.60. The first kappa shape index (κ1) is 15.5. The molecule has 0 bridgehead atoms. The molecule has 2 N–H and O–H groups in total. The van der Waals surface area contributed by atoms with Crippen LogP contribution in [0.2, 0.25) is 5.02 Å². The van der Waals surface area contributed by atoms with Crippen LogP contribution in [0.25, 0.3) is 0 Å². The average molecular weight is 326 g/mol. The standard InChI is InChI=1S/C16H24ClN3S/c1-13-10-16(11-18,12-21-13)20-8-6-19(7-9-20)15-5-3-2-4-14(15)17/h2-5,13H,6-12,18H2,1H3. The van der Waals surface area contributed by atoms with Crippen molar-refractivity contribution < 1.29 is 0 Å². The summed E-state index contributed by atoms with van der Waals surface area (Å²) in [7, 11) is 0. The van der Waals surface area contributed by atoms with Crippen molar-refractivity contribution in [1.29, 1.82) is 0 Å². The van der Waals surface area contributed by atoms with Gasteiger partial charge in [0.2, 0.25) is 0 Å². The van der Waals surface area contributed by atoms with Gasteiger partial charge in [0.25, 0.3) is 0 Å². The lowest BCUT2D eigenvalue weighted by Gasteiger charge is -2.46. The predicted molar refractivity (Wildman–Crippen MR) is 93.6 cm³/mol. The molecule has 2 unspecified atom stereocenters. The van der Waals surface area contributed by atoms with Crippen LogP contribution in [0.15, 0.2) is 24.3 Å². The van der Waals surface area contributed by atoms with Crippen molar-refractivity contribution in [3.63, 3.8) is 0 Å². The Hall–Kier alpha value is -0.420. The quantitative estimate of drug-likeness (QED) is 0.926. The minimum Gasteiger partial charge on any atom is -0.368 e. The molecule has 1 aromatic carbocycles. The zero-order valence-electron chi connectivity index (χ0n) is 12.6. The Labute approximate surface area is 136 Å². The SMILES string of the molecule is CC1CC(CN)(N2CCN(c3ccccc3Cl)CC2)CS1. The fraction of sp³-hybridized carbons (Fsp3) is 0.625. The summed E-state index contributed by atoms with van der Waals surface area (Å²) in [4.78, 5) is 5.02. The van der Waals surface area contributed by atoms with E-state index in [-0.39, 0.29) is 5.54 Å². The van der Waals surface area contributed by atoms with E-state index in [1.165, 1.54) is 12.2 Å². The number of piperazine rings is 1. The van der Waals surface area contributed by atoms with Crippen molar-refractivity contribution >= 4 is 29.1 Å². The average Bonchev–Trinajstić information content (AvgIpc) is 2.91. The van der Waals surface area contributed by atoms with Gasteiger partial charge in [-0.2, -0.15) is 11.8 Å². The summed E-state index contributed by atoms with van der Waals surface area (Å²) in [6.45, 7) is 7.32. The molecule has 21 heavy (non-hydrogen) atoms. The van der Waals surface area contributed by atoms with Crippen molar-refractivity contribution in [2.45, 2.75) is 24.1 Å². The number of anilines is 1. The molecular formula is C16H24ClN3S. The molecule has 0 aromatic heterocycles. The summed E-state index contributed by atoms with van der Waals surface area (Å²) in [5.41, 5.74) is 7.52. The second-order valence-electron chi connectivity index (χ2n) is 6.18. The molecule has 2 aliphatic rings. The van der Waals surface area contributed by atoms with Gasteiger partial charge in [0.15, 0.2) is 0 Å². The number of nitrogens with zero attached hydrogens (tertiary/aromatic N) is 2. The van der Waals surface area contributed by atoms with Gasteiger partial charge in [0.1, 0.15) is 0 Å². The van der Waals surface area contributed by atoms with E-state index in [1.807, 2.05) is 12.1 Å². The molecular weight excluding hydrogens is 302 g/mol. The minimum atomic E-state index is 0.219. The molecule has 0 aliphatic carbocycles. The highest BCUT2D eigenvalue weighted by Crippen LogP contribution is 2.39. The summed E-state index contributed by atoms with van der Waals surface area (Å²) in [5.74, 6) is 1.18. The van der Waals surface area contributed by atoms with E-state index >= 15 is 0 Å². The number of hydrogen-bond donors (Lipinski definition) is 1. The summed E-state index contributed by atoms with van der Waals surface area (Å²) in [6, 6.07) is 8.14. The van der Waals surface area contributed by atoms with Gasteiger partial charge in [-0.15, -0.1) is 0 Å². The summed E-state index contributed by atoms with van der Waals surface area (Å²) in [6.07, 6.45) is 1.22. The maximum atomic E-state index is 6.32. The van der Waals surface area contributed by atoms with Crippen LogP contribution in [-0.4, -0.2) is 54.2 Å². The smallest absolute Gasteiger partial charge is 0.0639 e. The van der Waals surface area contributed by atoms with Crippen molar-refractivity contribution in [2.75, 3.05) is 43.4 Å². The van der Waals surface area contributed by atoms with Crippen LogP contribution in [0, 0.1) is 0 Å². The van der Waals surface area contributed by atoms with Crippen molar-refractivity contribution in [1.82, 2.24) is 4.90 Å². The van der Waals surface area contributed by atoms with Gasteiger partial charge in [-0.3, -0.25) is 4.90 Å². The van der Waals surface area contributed by atoms with Gasteiger partial charge in [0, 0.05) is 49.3 Å². The van der Waals surface area contributed by atoms with Crippen LogP contribution in [0.1, 0.15) is 13.3 Å². The molecule has 2 heterocycles. The number of benzene rings is 1. The molecule has 1 aromatic rings. The third kappa shape index (κ3) is 3.04. The lowest BCUT2D eigenvalue weighted by atomic mass is 9.93. The molecule has 116 valence electrons. The molecule has 0 saturated carbocycles. The van der Waals surface area contributed by atoms with E-state index in [9.17, 15) is 0 Å². The van der Waals surface area contributed by atoms with Gasteiger partial charge in [0.05, 0.1) is 10.7 Å². The molecule has 3 rings (SSSR count). The second-order valence-corrected chi connectivity index (χ2v) is 8.01. The van der Waals surface area contributed by atoms with E-state index in [2.05, 4.69) is 40.6 Å². The molecule has 2 fully saturated rings. The number of hydrogen-bond acceptors (Lipinski definition) is 4. The molecule has 2 aliphatic heterocycles. The normalized spacial score (nSPS) is 30.8. The van der Waals surface area contributed by atoms with Gasteiger partial charge in [-0.25, -0.2) is 0 Å². The molecule has 5 heteroatoms. The Kier molecular flexibility index (Phi) is 4.69. The van der Waals surface area contributed by atoms with E-state index in [4.69, 9.17) is 17.3 Å². The van der Waals surface area contributed by atoms with Gasteiger partial charge in [-0.1, -0.05) is 30.7 Å². The van der Waals surface area contributed by atoms with E-state index in [0.717, 1.165) is 48.7 Å². The highest BCUT2D eigenvalue weighted by atomic mass is 35.5. The zero-order valence-corrected chi connectivity index (χ0v) is 14.2. The van der Waals surface area contributed by atoms with Gasteiger partial charge in [-0.05, 0) is 18.6 Å². The third-order valence-corrected chi connectivity index (χ3v) is 6.59. The largest absolute Gasteiger partial charge is 0.368 e. The van der Waals surface area contributed by atoms with Gasteiger partial charge < -0.3 is 10.6 Å². The Bertz CT molecular complexity index is 490. The monoisotopic (exact) mass is 325 g/mol. The molecule has 3 nitrogen and oxygen atoms in total. The first-order valence-corrected chi connectivity index (χ1v) is 9.13. The number of nitrogens with two attached hydrogens (primary N) is 1. The summed E-state index contributed by atoms with van der Waals surface area (Å²) < 4.78 is 0. The maximum absolute atomic E-state index is 6.32. The van der Waals surface area contributed by atoms with Crippen molar-refractivity contribution in [2.24, 2.45) is 5.73 Å². The Morgan fingerprint density at radius 2 is 2.00 bits per heavy atom. The highest BCUT2D eigenvalue weighted by molar-refractivity contribution is 8.00. The minimum absolute atomic E-state index is 0.219. The number of para-hydroxylation sites is 1. The molecule has 0 amide bonds. The zero-order chi connectivity index (χ0) is 14.9. The Morgan fingerprint density at radius 1 is 1.29 bits per heavy atom. The highest BCUT2D eigenvalue weighted by Gasteiger charge is 2.42. The maximum Gasteiger partial charge on any atom is 0.0639 e. The van der Waals surface area contributed by atoms with E-state index in [0.29, 0.717) is 0 Å². The number of halogens is 1. The van der Waals surface area contributed by atoms with E-state index in [1.54, 1.807) is 0 Å². The fourth-order valence-corrected chi connectivity index (χ4v) is 5.27. The molecule has 2 saturated heterocycles. The van der Waals surface area contributed by atoms with Gasteiger partial charge >= 0.3 is 0 Å². The Balaban J connectivity index is 1.66. The van der Waals surface area contributed by atoms with Crippen LogP contribution in [0.5, 0.6) is 0 Å². The van der Waals surface area contributed by atoms with Crippen LogP contribution in [0.4, 0.5) is 5.69 Å². The lowest BCUT2D eigenvalue weighted by molar-refractivity contribution is 0.105. The molecule has 0 radical (unpaired) electrons. The first-order valence-electron chi connectivity index (χ1n) is 7.71. The van der Waals surface area contributed by atoms with Crippen molar-refractivity contribution in [3.8, 4) is 0 Å². The summed E-state index contributed by atoms with van der Waals surface area (Å²) >= 11 is 8.38. The third-order valence-electron chi connectivity index (χ3n) is 4.83. The number of rotatable bonds is 3. The van der Waals surface area contributed by atoms with Crippen LogP contribution < -0.4 is 10.6 Å². The molecule has 0 spiro atoms. The van der Waals surface area contributed by atoms with E-state index < -0.39 is 0 Å². The topological polar surface area (TPSA) is 32.5 Å². The van der Waals surface area contributed by atoms with Crippen molar-refractivity contribution in [3.05, 3.63) is 29.3 Å². The predicted octanol–water partition coefficient (Wildman–Crippen LogP) is 2.68. The first-order chi connectivity index (χ1) is 10.1. The Morgan fingerprint density at radius 3 is 2.57 bits per heavy atom. The summed E-state index contributed by atoms with van der Waals surface area (Å²) in [5, 5.41) is 1.58. The fourth-order valence-electron chi connectivity index (χ4n) is 3.57. The second kappa shape index (κ2) is 6.37.